The van der Waals surface area contributed by atoms with Crippen molar-refractivity contribution in [3.63, 3.8) is 0 Å². The van der Waals surface area contributed by atoms with E-state index in [0.717, 1.165) is 12.1 Å². The van der Waals surface area contributed by atoms with Gasteiger partial charge in [-0.3, -0.25) is 0 Å². The van der Waals surface area contributed by atoms with Gasteiger partial charge < -0.3 is 4.74 Å². The number of benzene rings is 2. The number of nitriles is 1. The first-order valence-corrected chi connectivity index (χ1v) is 6.74. The monoisotopic (exact) mass is 330 g/mol. The number of nitrogens with zero attached hydrogens (tertiary/aromatic N) is 3. The van der Waals surface area contributed by atoms with E-state index in [-0.39, 0.29) is 11.4 Å². The predicted molar refractivity (Wildman–Crippen MR) is 78.1 cm³/mol. The molecule has 0 bridgehead atoms. The molecule has 8 heteroatoms. The van der Waals surface area contributed by atoms with Gasteiger partial charge in [0.25, 0.3) is 0 Å². The third kappa shape index (κ3) is 3.20. The summed E-state index contributed by atoms with van der Waals surface area (Å²) < 4.78 is 43.5. The zero-order valence-corrected chi connectivity index (χ0v) is 12.0. The molecule has 120 valence electrons. The Morgan fingerprint density at radius 1 is 1.04 bits per heavy atom. The first-order valence-electron chi connectivity index (χ1n) is 6.74. The SMILES string of the molecule is N#Cc1[nH]nnc1-c1ccc(Oc2cccc(C(F)(F)F)c2)cc1. The van der Waals surface area contributed by atoms with Crippen molar-refractivity contribution in [2.75, 3.05) is 0 Å². The van der Waals surface area contributed by atoms with Crippen LogP contribution in [0.3, 0.4) is 0 Å². The van der Waals surface area contributed by atoms with Gasteiger partial charge in [-0.2, -0.15) is 18.4 Å². The lowest BCUT2D eigenvalue weighted by Crippen LogP contribution is -2.04. The van der Waals surface area contributed by atoms with Gasteiger partial charge in [0, 0.05) is 5.56 Å². The Morgan fingerprint density at radius 3 is 2.46 bits per heavy atom. The van der Waals surface area contributed by atoms with Crippen molar-refractivity contribution < 1.29 is 17.9 Å². The highest BCUT2D eigenvalue weighted by Crippen LogP contribution is 2.33. The fraction of sp³-hybridized carbons (Fsp3) is 0.0625. The summed E-state index contributed by atoms with van der Waals surface area (Å²) in [6, 6.07) is 13.0. The van der Waals surface area contributed by atoms with Crippen molar-refractivity contribution in [2.24, 2.45) is 0 Å². The van der Waals surface area contributed by atoms with E-state index in [4.69, 9.17) is 10.00 Å². The predicted octanol–water partition coefficient (Wildman–Crippen LogP) is 4.15. The summed E-state index contributed by atoms with van der Waals surface area (Å²) >= 11 is 0. The number of halogens is 3. The molecule has 24 heavy (non-hydrogen) atoms. The summed E-state index contributed by atoms with van der Waals surface area (Å²) in [5.74, 6) is 0.441. The van der Waals surface area contributed by atoms with Crippen LogP contribution >= 0.6 is 0 Å². The van der Waals surface area contributed by atoms with Crippen molar-refractivity contribution >= 4 is 0 Å². The summed E-state index contributed by atoms with van der Waals surface area (Å²) in [5, 5.41) is 18.8. The van der Waals surface area contributed by atoms with Crippen LogP contribution in [-0.4, -0.2) is 15.4 Å². The lowest BCUT2D eigenvalue weighted by atomic mass is 10.1. The topological polar surface area (TPSA) is 74.6 Å². The molecule has 0 amide bonds. The zero-order valence-electron chi connectivity index (χ0n) is 12.0. The summed E-state index contributed by atoms with van der Waals surface area (Å²) in [4.78, 5) is 0. The number of aromatic amines is 1. The Balaban J connectivity index is 1.81. The Kier molecular flexibility index (Phi) is 3.92. The van der Waals surface area contributed by atoms with E-state index >= 15 is 0 Å². The van der Waals surface area contributed by atoms with Crippen LogP contribution in [-0.2, 0) is 6.18 Å². The van der Waals surface area contributed by atoms with Gasteiger partial charge in [0.2, 0.25) is 0 Å². The van der Waals surface area contributed by atoms with Crippen LogP contribution in [0.5, 0.6) is 11.5 Å². The van der Waals surface area contributed by atoms with Crippen molar-refractivity contribution in [2.45, 2.75) is 6.18 Å². The van der Waals surface area contributed by atoms with E-state index in [1.165, 1.54) is 12.1 Å². The average molecular weight is 330 g/mol. The molecule has 0 atom stereocenters. The molecule has 2 aromatic carbocycles. The van der Waals surface area contributed by atoms with Gasteiger partial charge in [0.05, 0.1) is 5.56 Å². The van der Waals surface area contributed by atoms with Crippen LogP contribution in [0.1, 0.15) is 11.3 Å². The van der Waals surface area contributed by atoms with Crippen LogP contribution in [0.25, 0.3) is 11.3 Å². The lowest BCUT2D eigenvalue weighted by molar-refractivity contribution is -0.137. The molecule has 1 N–H and O–H groups in total. The van der Waals surface area contributed by atoms with Gasteiger partial charge in [-0.05, 0) is 42.5 Å². The van der Waals surface area contributed by atoms with Gasteiger partial charge in [-0.1, -0.05) is 11.3 Å². The molecule has 0 saturated heterocycles. The summed E-state index contributed by atoms with van der Waals surface area (Å²) in [6.07, 6.45) is -4.43. The summed E-state index contributed by atoms with van der Waals surface area (Å²) in [5.41, 5.74) is 0.472. The van der Waals surface area contributed by atoms with Crippen LogP contribution in [0.2, 0.25) is 0 Å². The molecule has 0 spiro atoms. The average Bonchev–Trinajstić information content (AvgIpc) is 3.04. The number of H-pyrrole nitrogens is 1. The fourth-order valence-corrected chi connectivity index (χ4v) is 2.06. The van der Waals surface area contributed by atoms with Crippen molar-refractivity contribution in [3.8, 4) is 28.8 Å². The number of hydrogen-bond donors (Lipinski definition) is 1. The van der Waals surface area contributed by atoms with E-state index in [0.29, 0.717) is 17.0 Å². The lowest BCUT2D eigenvalue weighted by Gasteiger charge is -2.10. The molecule has 0 aliphatic rings. The standard InChI is InChI=1S/C16H9F3N4O/c17-16(18,19)11-2-1-3-13(8-11)24-12-6-4-10(5-7-12)15-14(9-20)21-23-22-15/h1-8H,(H,21,22,23). The second kappa shape index (κ2) is 6.04. The number of hydrogen-bond acceptors (Lipinski definition) is 4. The number of aromatic nitrogens is 3. The van der Waals surface area contributed by atoms with Crippen LogP contribution in [0.4, 0.5) is 13.2 Å². The molecule has 0 saturated carbocycles. The molecule has 1 aromatic heterocycles. The number of alkyl halides is 3. The highest BCUT2D eigenvalue weighted by molar-refractivity contribution is 5.64. The normalized spacial score (nSPS) is 11.1. The largest absolute Gasteiger partial charge is 0.457 e. The van der Waals surface area contributed by atoms with Crippen molar-refractivity contribution in [1.82, 2.24) is 15.4 Å². The van der Waals surface area contributed by atoms with Crippen LogP contribution in [0, 0.1) is 11.3 Å². The zero-order chi connectivity index (χ0) is 17.2. The molecular formula is C16H9F3N4O. The molecule has 0 radical (unpaired) electrons. The minimum atomic E-state index is -4.43. The quantitative estimate of drug-likeness (QED) is 0.782. The van der Waals surface area contributed by atoms with E-state index in [1.807, 2.05) is 6.07 Å². The minimum absolute atomic E-state index is 0.0803. The first-order chi connectivity index (χ1) is 11.5. The molecule has 3 rings (SSSR count). The van der Waals surface area contributed by atoms with Gasteiger partial charge in [0.1, 0.15) is 23.3 Å². The van der Waals surface area contributed by atoms with E-state index < -0.39 is 11.7 Å². The fourth-order valence-electron chi connectivity index (χ4n) is 2.06. The molecule has 1 heterocycles. The number of ether oxygens (including phenoxy) is 1. The third-order valence-corrected chi connectivity index (χ3v) is 3.19. The third-order valence-electron chi connectivity index (χ3n) is 3.19. The van der Waals surface area contributed by atoms with E-state index in [2.05, 4.69) is 15.4 Å². The summed E-state index contributed by atoms with van der Waals surface area (Å²) in [7, 11) is 0. The second-order valence-corrected chi connectivity index (χ2v) is 4.80. The molecule has 0 fully saturated rings. The Bertz CT molecular complexity index is 895. The molecule has 0 unspecified atom stereocenters. The van der Waals surface area contributed by atoms with Gasteiger partial charge >= 0.3 is 6.18 Å². The second-order valence-electron chi connectivity index (χ2n) is 4.80. The Morgan fingerprint density at radius 2 is 1.79 bits per heavy atom. The van der Waals surface area contributed by atoms with Crippen molar-refractivity contribution in [1.29, 1.82) is 5.26 Å². The van der Waals surface area contributed by atoms with Gasteiger partial charge in [-0.25, -0.2) is 5.10 Å². The van der Waals surface area contributed by atoms with Crippen LogP contribution in [0.15, 0.2) is 48.5 Å². The van der Waals surface area contributed by atoms with Crippen molar-refractivity contribution in [3.05, 3.63) is 59.8 Å². The van der Waals surface area contributed by atoms with E-state index in [1.54, 1.807) is 24.3 Å². The molecule has 3 aromatic rings. The highest BCUT2D eigenvalue weighted by Gasteiger charge is 2.30. The molecule has 0 aliphatic heterocycles. The maximum absolute atomic E-state index is 12.7. The molecule has 5 nitrogen and oxygen atoms in total. The highest BCUT2D eigenvalue weighted by atomic mass is 19.4. The summed E-state index contributed by atoms with van der Waals surface area (Å²) in [6.45, 7) is 0. The van der Waals surface area contributed by atoms with Crippen LogP contribution < -0.4 is 4.74 Å². The minimum Gasteiger partial charge on any atom is -0.457 e. The number of rotatable bonds is 3. The smallest absolute Gasteiger partial charge is 0.416 e. The number of nitrogens with one attached hydrogen (secondary N) is 1. The maximum Gasteiger partial charge on any atom is 0.416 e. The molecular weight excluding hydrogens is 321 g/mol. The maximum atomic E-state index is 12.7. The molecule has 0 aliphatic carbocycles. The van der Waals surface area contributed by atoms with Gasteiger partial charge in [0.15, 0.2) is 5.69 Å². The Labute approximate surface area is 134 Å². The van der Waals surface area contributed by atoms with E-state index in [9.17, 15) is 13.2 Å². The first kappa shape index (κ1) is 15.6. The Hall–Kier alpha value is -3.34. The van der Waals surface area contributed by atoms with Gasteiger partial charge in [-0.15, -0.1) is 5.10 Å².